The van der Waals surface area contributed by atoms with Crippen molar-refractivity contribution in [3.05, 3.63) is 35.7 Å². The summed E-state index contributed by atoms with van der Waals surface area (Å²) in [6.07, 6.45) is 0. The third-order valence-corrected chi connectivity index (χ3v) is 3.93. The Morgan fingerprint density at radius 2 is 1.83 bits per heavy atom. The fraction of sp³-hybridized carbons (Fsp3) is 0.357. The van der Waals surface area contributed by atoms with Gasteiger partial charge in [0.1, 0.15) is 5.69 Å². The number of anilines is 1. The van der Waals surface area contributed by atoms with Crippen molar-refractivity contribution >= 4 is 17.2 Å². The van der Waals surface area contributed by atoms with E-state index >= 15 is 0 Å². The predicted octanol–water partition coefficient (Wildman–Crippen LogP) is 2.36. The Balaban J connectivity index is 1.88. The zero-order valence-electron chi connectivity index (χ0n) is 10.5. The molecule has 1 saturated heterocycles. The summed E-state index contributed by atoms with van der Waals surface area (Å²) < 4.78 is 4.51. The Bertz CT molecular complexity index is 501. The molecule has 0 N–H and O–H groups in total. The Morgan fingerprint density at radius 3 is 2.56 bits per heavy atom. The van der Waals surface area contributed by atoms with E-state index in [9.17, 15) is 0 Å². The van der Waals surface area contributed by atoms with Crippen molar-refractivity contribution in [3.63, 3.8) is 0 Å². The molecular weight excluding hydrogens is 242 g/mol. The summed E-state index contributed by atoms with van der Waals surface area (Å²) in [4.78, 5) is 4.75. The molecule has 1 aliphatic rings. The third-order valence-electron chi connectivity index (χ3n) is 3.37. The molecule has 0 amide bonds. The highest BCUT2D eigenvalue weighted by atomic mass is 32.1. The van der Waals surface area contributed by atoms with E-state index in [2.05, 4.69) is 50.9 Å². The lowest BCUT2D eigenvalue weighted by atomic mass is 10.1. The maximum atomic E-state index is 4.51. The van der Waals surface area contributed by atoms with Gasteiger partial charge in [-0.2, -0.15) is 4.37 Å². The first-order valence-corrected chi connectivity index (χ1v) is 6.98. The molecule has 1 aromatic heterocycles. The maximum Gasteiger partial charge on any atom is 0.108 e. The van der Waals surface area contributed by atoms with Crippen molar-refractivity contribution in [2.45, 2.75) is 0 Å². The maximum absolute atomic E-state index is 4.51. The van der Waals surface area contributed by atoms with Crippen LogP contribution in [0.25, 0.3) is 11.3 Å². The Kier molecular flexibility index (Phi) is 3.30. The summed E-state index contributed by atoms with van der Waals surface area (Å²) in [5.74, 6) is 0. The lowest BCUT2D eigenvalue weighted by Crippen LogP contribution is -2.44. The van der Waals surface area contributed by atoms with Gasteiger partial charge >= 0.3 is 0 Å². The first-order chi connectivity index (χ1) is 8.84. The highest BCUT2D eigenvalue weighted by Crippen LogP contribution is 2.31. The summed E-state index contributed by atoms with van der Waals surface area (Å²) in [5, 5.41) is 3.33. The molecule has 1 aliphatic heterocycles. The highest BCUT2D eigenvalue weighted by Gasteiger charge is 2.19. The molecule has 3 rings (SSSR count). The molecule has 0 bridgehead atoms. The SMILES string of the molecule is CN1CCN(c2[c]snc2-c2ccccc2)CC1. The molecule has 1 aromatic carbocycles. The molecule has 2 heterocycles. The molecule has 3 nitrogen and oxygen atoms in total. The van der Waals surface area contributed by atoms with Gasteiger partial charge in [0.2, 0.25) is 0 Å². The number of hydrogen-bond donors (Lipinski definition) is 0. The summed E-state index contributed by atoms with van der Waals surface area (Å²) in [5.41, 5.74) is 3.42. The predicted molar refractivity (Wildman–Crippen MR) is 76.1 cm³/mol. The number of rotatable bonds is 2. The number of hydrogen-bond acceptors (Lipinski definition) is 4. The number of benzene rings is 1. The van der Waals surface area contributed by atoms with E-state index in [1.54, 1.807) is 0 Å². The second-order valence-corrected chi connectivity index (χ2v) is 5.21. The van der Waals surface area contributed by atoms with Gasteiger partial charge in [-0.3, -0.25) is 0 Å². The standard InChI is InChI=1S/C14H16N3S/c1-16-7-9-17(10-8-16)13-11-18-15-14(13)12-5-3-2-4-6-12/h2-6H,7-10H2,1H3. The second kappa shape index (κ2) is 5.08. The van der Waals surface area contributed by atoms with E-state index in [-0.39, 0.29) is 0 Å². The number of nitrogens with zero attached hydrogens (tertiary/aromatic N) is 3. The minimum absolute atomic E-state index is 1.06. The van der Waals surface area contributed by atoms with Gasteiger partial charge in [0.25, 0.3) is 0 Å². The Labute approximate surface area is 112 Å². The van der Waals surface area contributed by atoms with Gasteiger partial charge in [0.15, 0.2) is 0 Å². The molecule has 1 radical (unpaired) electrons. The summed E-state index contributed by atoms with van der Waals surface area (Å²) in [6.45, 7) is 4.34. The third kappa shape index (κ3) is 2.26. The number of likely N-dealkylation sites (N-methyl/N-ethyl adjacent to an activating group) is 1. The molecule has 0 unspecified atom stereocenters. The summed E-state index contributed by atoms with van der Waals surface area (Å²) in [7, 11) is 2.17. The van der Waals surface area contributed by atoms with Crippen LogP contribution in [0.15, 0.2) is 30.3 Å². The zero-order chi connectivity index (χ0) is 12.4. The molecule has 1 fully saturated rings. The summed E-state index contributed by atoms with van der Waals surface area (Å²) in [6, 6.07) is 10.4. The lowest BCUT2D eigenvalue weighted by molar-refractivity contribution is 0.313. The van der Waals surface area contributed by atoms with Gasteiger partial charge in [-0.25, -0.2) is 0 Å². The first-order valence-electron chi connectivity index (χ1n) is 6.21. The number of piperazine rings is 1. The van der Waals surface area contributed by atoms with Gasteiger partial charge in [0, 0.05) is 31.7 Å². The smallest absolute Gasteiger partial charge is 0.108 e. The fourth-order valence-corrected chi connectivity index (χ4v) is 2.87. The van der Waals surface area contributed by atoms with E-state index in [1.165, 1.54) is 22.8 Å². The topological polar surface area (TPSA) is 19.4 Å². The van der Waals surface area contributed by atoms with Crippen LogP contribution >= 0.6 is 11.5 Å². The minimum atomic E-state index is 1.06. The quantitative estimate of drug-likeness (QED) is 0.824. The van der Waals surface area contributed by atoms with Crippen molar-refractivity contribution < 1.29 is 0 Å². The second-order valence-electron chi connectivity index (χ2n) is 4.64. The molecule has 0 aliphatic carbocycles. The van der Waals surface area contributed by atoms with Gasteiger partial charge < -0.3 is 9.80 Å². The Hall–Kier alpha value is -1.39. The monoisotopic (exact) mass is 258 g/mol. The first kappa shape index (κ1) is 11.7. The van der Waals surface area contributed by atoms with E-state index in [0.29, 0.717) is 0 Å². The van der Waals surface area contributed by atoms with Crippen LogP contribution in [0.5, 0.6) is 0 Å². The molecule has 18 heavy (non-hydrogen) atoms. The molecule has 4 heteroatoms. The van der Waals surface area contributed by atoms with Gasteiger partial charge in [-0.05, 0) is 18.6 Å². The van der Waals surface area contributed by atoms with E-state index in [4.69, 9.17) is 0 Å². The lowest BCUT2D eigenvalue weighted by Gasteiger charge is -2.33. The van der Waals surface area contributed by atoms with Crippen LogP contribution in [-0.4, -0.2) is 42.5 Å². The van der Waals surface area contributed by atoms with E-state index in [1.807, 2.05) is 6.07 Å². The highest BCUT2D eigenvalue weighted by molar-refractivity contribution is 7.03. The Morgan fingerprint density at radius 1 is 1.11 bits per heavy atom. The van der Waals surface area contributed by atoms with Gasteiger partial charge in [0.05, 0.1) is 11.1 Å². The average molecular weight is 258 g/mol. The van der Waals surface area contributed by atoms with Crippen molar-refractivity contribution in [3.8, 4) is 11.3 Å². The largest absolute Gasteiger partial charge is 0.366 e. The molecule has 93 valence electrons. The van der Waals surface area contributed by atoms with Crippen LogP contribution in [0, 0.1) is 5.38 Å². The van der Waals surface area contributed by atoms with Crippen LogP contribution < -0.4 is 4.90 Å². The molecular formula is C14H16N3S. The van der Waals surface area contributed by atoms with E-state index < -0.39 is 0 Å². The minimum Gasteiger partial charge on any atom is -0.366 e. The molecule has 0 spiro atoms. The number of aromatic nitrogens is 1. The van der Waals surface area contributed by atoms with Crippen LogP contribution in [0.3, 0.4) is 0 Å². The van der Waals surface area contributed by atoms with Crippen molar-refractivity contribution in [1.29, 1.82) is 0 Å². The fourth-order valence-electron chi connectivity index (χ4n) is 2.23. The van der Waals surface area contributed by atoms with Gasteiger partial charge in [-0.15, -0.1) is 0 Å². The molecule has 2 aromatic rings. The van der Waals surface area contributed by atoms with Crippen LogP contribution in [0.1, 0.15) is 0 Å². The van der Waals surface area contributed by atoms with Crippen molar-refractivity contribution in [1.82, 2.24) is 9.27 Å². The van der Waals surface area contributed by atoms with Gasteiger partial charge in [-0.1, -0.05) is 30.3 Å². The summed E-state index contributed by atoms with van der Waals surface area (Å²) >= 11 is 1.43. The normalized spacial score (nSPS) is 17.1. The van der Waals surface area contributed by atoms with Crippen LogP contribution in [0.2, 0.25) is 0 Å². The van der Waals surface area contributed by atoms with E-state index in [0.717, 1.165) is 31.9 Å². The van der Waals surface area contributed by atoms with Crippen LogP contribution in [0.4, 0.5) is 5.69 Å². The zero-order valence-corrected chi connectivity index (χ0v) is 11.3. The molecule has 0 atom stereocenters. The van der Waals surface area contributed by atoms with Crippen LogP contribution in [-0.2, 0) is 0 Å². The molecule has 0 saturated carbocycles. The average Bonchev–Trinajstić information content (AvgIpc) is 2.90. The van der Waals surface area contributed by atoms with Crippen molar-refractivity contribution in [2.75, 3.05) is 38.1 Å². The van der Waals surface area contributed by atoms with Crippen molar-refractivity contribution in [2.24, 2.45) is 0 Å².